The van der Waals surface area contributed by atoms with Crippen molar-refractivity contribution in [1.82, 2.24) is 0 Å². The Hall–Kier alpha value is -7.00. The fourth-order valence-electron chi connectivity index (χ4n) is 7.91. The molecule has 0 N–H and O–H groups in total. The number of anilines is 3. The monoisotopic (exact) mass is 731 g/mol. The number of hydrogen-bond donors (Lipinski definition) is 0. The molecule has 0 bridgehead atoms. The molecular weight excluding hydrogens is 695 g/mol. The number of thiophene rings is 1. The molecule has 2 heteroatoms. The third-order valence-electron chi connectivity index (χ3n) is 10.7. The zero-order chi connectivity index (χ0) is 37.3. The quantitative estimate of drug-likeness (QED) is 0.150. The van der Waals surface area contributed by atoms with E-state index in [9.17, 15) is 0 Å². The van der Waals surface area contributed by atoms with Gasteiger partial charge in [-0.3, -0.25) is 0 Å². The van der Waals surface area contributed by atoms with E-state index in [1.165, 1.54) is 75.8 Å². The van der Waals surface area contributed by atoms with Gasteiger partial charge in [-0.25, -0.2) is 0 Å². The Balaban J connectivity index is 1.11. The fourth-order valence-corrected chi connectivity index (χ4v) is 9.04. The minimum atomic E-state index is 1.10. The molecule has 0 amide bonds. The lowest BCUT2D eigenvalue weighted by molar-refractivity contribution is 1.28. The Kier molecular flexibility index (Phi) is 8.79. The van der Waals surface area contributed by atoms with Crippen LogP contribution in [0.25, 0.3) is 75.8 Å². The Morgan fingerprint density at radius 2 is 0.714 bits per heavy atom. The van der Waals surface area contributed by atoms with Gasteiger partial charge in [0.2, 0.25) is 0 Å². The van der Waals surface area contributed by atoms with Gasteiger partial charge in [0.1, 0.15) is 0 Å². The highest BCUT2D eigenvalue weighted by molar-refractivity contribution is 7.25. The molecule has 0 unspecified atom stereocenters. The molecule has 264 valence electrons. The Bertz CT molecular complexity index is 2910. The lowest BCUT2D eigenvalue weighted by atomic mass is 9.94. The molecule has 0 saturated carbocycles. The van der Waals surface area contributed by atoms with Crippen LogP contribution < -0.4 is 4.90 Å². The van der Waals surface area contributed by atoms with Crippen LogP contribution >= 0.6 is 11.3 Å². The molecule has 10 rings (SSSR count). The lowest BCUT2D eigenvalue weighted by Gasteiger charge is -2.29. The molecule has 1 nitrogen and oxygen atoms in total. The summed E-state index contributed by atoms with van der Waals surface area (Å²) in [5.74, 6) is 0. The molecule has 0 aliphatic carbocycles. The van der Waals surface area contributed by atoms with Crippen molar-refractivity contribution in [3.8, 4) is 55.6 Å². The van der Waals surface area contributed by atoms with E-state index in [1.807, 2.05) is 11.3 Å². The number of hydrogen-bond acceptors (Lipinski definition) is 2. The van der Waals surface area contributed by atoms with Gasteiger partial charge in [-0.05, 0) is 98.6 Å². The van der Waals surface area contributed by atoms with Crippen LogP contribution in [-0.4, -0.2) is 0 Å². The van der Waals surface area contributed by atoms with Crippen molar-refractivity contribution in [3.63, 3.8) is 0 Å². The van der Waals surface area contributed by atoms with E-state index >= 15 is 0 Å². The SMILES string of the molecule is c1ccc(-c2ccc(-c3ccc(N(c4ccc(-c5ccccc5)cc4)c4ccc(-c5cccc6sc7ccccc7c56)cc4)c(-c4ccccc4)c3)cc2)cc1. The van der Waals surface area contributed by atoms with E-state index < -0.39 is 0 Å². The number of rotatable bonds is 8. The highest BCUT2D eigenvalue weighted by Crippen LogP contribution is 2.45. The zero-order valence-electron chi connectivity index (χ0n) is 30.7. The molecule has 0 saturated heterocycles. The number of nitrogens with zero attached hydrogens (tertiary/aromatic N) is 1. The van der Waals surface area contributed by atoms with Crippen LogP contribution in [0.2, 0.25) is 0 Å². The molecule has 0 fully saturated rings. The molecule has 1 heterocycles. The first kappa shape index (κ1) is 33.6. The molecule has 10 aromatic rings. The maximum absolute atomic E-state index is 2.41. The van der Waals surface area contributed by atoms with E-state index in [0.29, 0.717) is 0 Å². The summed E-state index contributed by atoms with van der Waals surface area (Å²) in [7, 11) is 0. The summed E-state index contributed by atoms with van der Waals surface area (Å²) in [6.45, 7) is 0. The Morgan fingerprint density at radius 1 is 0.286 bits per heavy atom. The zero-order valence-corrected chi connectivity index (χ0v) is 31.5. The van der Waals surface area contributed by atoms with E-state index in [-0.39, 0.29) is 0 Å². The third kappa shape index (κ3) is 6.36. The highest BCUT2D eigenvalue weighted by atomic mass is 32.1. The Morgan fingerprint density at radius 3 is 1.32 bits per heavy atom. The summed E-state index contributed by atoms with van der Waals surface area (Å²) >= 11 is 1.86. The fraction of sp³-hybridized carbons (Fsp3) is 0. The molecule has 0 atom stereocenters. The highest BCUT2D eigenvalue weighted by Gasteiger charge is 2.19. The summed E-state index contributed by atoms with van der Waals surface area (Å²) in [5.41, 5.74) is 15.3. The van der Waals surface area contributed by atoms with Crippen LogP contribution in [0.1, 0.15) is 0 Å². The molecule has 0 aliphatic rings. The second-order valence-corrected chi connectivity index (χ2v) is 15.2. The van der Waals surface area contributed by atoms with Crippen molar-refractivity contribution >= 4 is 48.6 Å². The van der Waals surface area contributed by atoms with Crippen molar-refractivity contribution in [3.05, 3.63) is 224 Å². The maximum Gasteiger partial charge on any atom is 0.0540 e. The molecule has 0 aliphatic heterocycles. The summed E-state index contributed by atoms with van der Waals surface area (Å²) < 4.78 is 2.64. The second-order valence-electron chi connectivity index (χ2n) is 14.1. The molecule has 0 spiro atoms. The first-order chi connectivity index (χ1) is 27.8. The minimum Gasteiger partial charge on any atom is -0.310 e. The third-order valence-corrected chi connectivity index (χ3v) is 11.9. The van der Waals surface area contributed by atoms with Crippen LogP contribution in [0.15, 0.2) is 224 Å². The predicted molar refractivity (Wildman–Crippen MR) is 241 cm³/mol. The van der Waals surface area contributed by atoms with Gasteiger partial charge in [0.15, 0.2) is 0 Å². The van der Waals surface area contributed by atoms with Gasteiger partial charge in [-0.15, -0.1) is 11.3 Å². The number of fused-ring (bicyclic) bond motifs is 3. The number of benzene rings is 9. The average Bonchev–Trinajstić information content (AvgIpc) is 3.67. The van der Waals surface area contributed by atoms with E-state index in [2.05, 4.69) is 229 Å². The maximum atomic E-state index is 2.41. The predicted octanol–water partition coefficient (Wildman–Crippen LogP) is 15.9. The molecule has 9 aromatic carbocycles. The second kappa shape index (κ2) is 14.7. The topological polar surface area (TPSA) is 3.24 Å². The first-order valence-corrected chi connectivity index (χ1v) is 19.9. The van der Waals surface area contributed by atoms with Crippen LogP contribution in [-0.2, 0) is 0 Å². The molecular formula is C54H37NS. The van der Waals surface area contributed by atoms with Crippen LogP contribution in [0.4, 0.5) is 17.1 Å². The summed E-state index contributed by atoms with van der Waals surface area (Å²) in [5, 5.41) is 2.64. The average molecular weight is 732 g/mol. The molecule has 0 radical (unpaired) electrons. The van der Waals surface area contributed by atoms with Gasteiger partial charge in [0.25, 0.3) is 0 Å². The largest absolute Gasteiger partial charge is 0.310 e. The van der Waals surface area contributed by atoms with E-state index in [0.717, 1.165) is 17.1 Å². The van der Waals surface area contributed by atoms with Gasteiger partial charge in [-0.2, -0.15) is 0 Å². The minimum absolute atomic E-state index is 1.10. The van der Waals surface area contributed by atoms with E-state index in [4.69, 9.17) is 0 Å². The van der Waals surface area contributed by atoms with Gasteiger partial charge >= 0.3 is 0 Å². The van der Waals surface area contributed by atoms with Crippen LogP contribution in [0, 0.1) is 0 Å². The van der Waals surface area contributed by atoms with Crippen molar-refractivity contribution < 1.29 is 0 Å². The normalized spacial score (nSPS) is 11.2. The van der Waals surface area contributed by atoms with E-state index in [1.54, 1.807) is 0 Å². The summed E-state index contributed by atoms with van der Waals surface area (Å²) in [4.78, 5) is 2.41. The van der Waals surface area contributed by atoms with Crippen molar-refractivity contribution in [2.75, 3.05) is 4.90 Å². The summed E-state index contributed by atoms with van der Waals surface area (Å²) in [6.07, 6.45) is 0. The standard InChI is InChI=1S/C54H37NS/c1-4-13-38(14-5-1)40-23-25-42(26-24-40)45-31-36-51(50(37-45)43-17-8-3-9-18-43)55(46-32-27-41(28-33-46)39-15-6-2-7-16-39)47-34-29-44(30-35-47)48-20-12-22-53-54(48)49-19-10-11-21-52(49)56-53/h1-37H. The Labute approximate surface area is 332 Å². The van der Waals surface area contributed by atoms with Gasteiger partial charge in [-0.1, -0.05) is 176 Å². The lowest BCUT2D eigenvalue weighted by Crippen LogP contribution is -2.11. The molecule has 1 aromatic heterocycles. The van der Waals surface area contributed by atoms with Crippen molar-refractivity contribution in [1.29, 1.82) is 0 Å². The van der Waals surface area contributed by atoms with Crippen molar-refractivity contribution in [2.24, 2.45) is 0 Å². The van der Waals surface area contributed by atoms with Crippen molar-refractivity contribution in [2.45, 2.75) is 0 Å². The van der Waals surface area contributed by atoms with Crippen LogP contribution in [0.5, 0.6) is 0 Å². The molecule has 56 heavy (non-hydrogen) atoms. The first-order valence-electron chi connectivity index (χ1n) is 19.1. The smallest absolute Gasteiger partial charge is 0.0540 e. The van der Waals surface area contributed by atoms with Gasteiger partial charge < -0.3 is 4.90 Å². The van der Waals surface area contributed by atoms with Gasteiger partial charge in [0, 0.05) is 37.1 Å². The van der Waals surface area contributed by atoms with Gasteiger partial charge in [0.05, 0.1) is 5.69 Å². The summed E-state index contributed by atoms with van der Waals surface area (Å²) in [6, 6.07) is 81.3. The van der Waals surface area contributed by atoms with Crippen LogP contribution in [0.3, 0.4) is 0 Å².